The van der Waals surface area contributed by atoms with Crippen LogP contribution in [-0.4, -0.2) is 18.5 Å². The highest BCUT2D eigenvalue weighted by molar-refractivity contribution is 5.84. The molecule has 0 unspecified atom stereocenters. The maximum atomic E-state index is 12.3. The number of rotatable bonds is 11. The van der Waals surface area contributed by atoms with Gasteiger partial charge in [0.15, 0.2) is 0 Å². The zero-order valence-corrected chi connectivity index (χ0v) is 21.6. The number of unbranched alkanes of at least 4 members (excludes halogenated alkanes) is 2. The zero-order valence-electron chi connectivity index (χ0n) is 21.6. The second kappa shape index (κ2) is 12.2. The number of ether oxygens (including phenoxy) is 2. The van der Waals surface area contributed by atoms with Gasteiger partial charge in [-0.1, -0.05) is 93.4 Å². The summed E-state index contributed by atoms with van der Waals surface area (Å²) in [5.74, 6) is 0.694. The number of carbonyl (C=O) groups is 2. The van der Waals surface area contributed by atoms with Gasteiger partial charge in [-0.05, 0) is 35.2 Å². The summed E-state index contributed by atoms with van der Waals surface area (Å²) in [6.45, 7) is 21.0. The third-order valence-electron chi connectivity index (χ3n) is 5.44. The Kier molecular flexibility index (Phi) is 10.7. The summed E-state index contributed by atoms with van der Waals surface area (Å²) in [5, 5.41) is 0. The summed E-state index contributed by atoms with van der Waals surface area (Å²) < 4.78 is 11.1. The van der Waals surface area contributed by atoms with E-state index in [0.29, 0.717) is 25.2 Å². The van der Waals surface area contributed by atoms with Gasteiger partial charge in [0.2, 0.25) is 0 Å². The van der Waals surface area contributed by atoms with Gasteiger partial charge in [-0.15, -0.1) is 0 Å². The lowest BCUT2D eigenvalue weighted by atomic mass is 9.78. The van der Waals surface area contributed by atoms with Gasteiger partial charge < -0.3 is 9.47 Å². The van der Waals surface area contributed by atoms with Gasteiger partial charge in [-0.25, -0.2) is 4.79 Å². The maximum absolute atomic E-state index is 12.3. The van der Waals surface area contributed by atoms with Gasteiger partial charge in [0.1, 0.15) is 5.75 Å². The third-order valence-corrected chi connectivity index (χ3v) is 5.44. The molecule has 0 atom stereocenters. The molecule has 1 rings (SSSR count). The lowest BCUT2D eigenvalue weighted by molar-refractivity contribution is -0.143. The third kappa shape index (κ3) is 9.58. The second-order valence-electron chi connectivity index (χ2n) is 11.1. The molecule has 1 aromatic carbocycles. The first-order chi connectivity index (χ1) is 14.8. The van der Waals surface area contributed by atoms with Crippen molar-refractivity contribution in [3.63, 3.8) is 0 Å². The molecule has 0 aliphatic heterocycles. The average molecular weight is 445 g/mol. The molecule has 0 aromatic heterocycles. The van der Waals surface area contributed by atoms with Crippen LogP contribution in [0.15, 0.2) is 24.8 Å². The van der Waals surface area contributed by atoms with Gasteiger partial charge in [0.05, 0.1) is 6.61 Å². The molecule has 0 saturated heterocycles. The van der Waals surface area contributed by atoms with Gasteiger partial charge in [-0.2, -0.15) is 0 Å². The maximum Gasteiger partial charge on any atom is 0.335 e. The highest BCUT2D eigenvalue weighted by Crippen LogP contribution is 2.41. The minimum absolute atomic E-state index is 0.161. The normalized spacial score (nSPS) is 12.0. The van der Waals surface area contributed by atoms with E-state index >= 15 is 0 Å². The van der Waals surface area contributed by atoms with E-state index in [0.717, 1.165) is 35.4 Å². The molecule has 0 heterocycles. The standard InChI is InChI=1S/C28H44O4/c1-10-24(29)32-26-22(27(4,5)6)18-21(19-23(26)28(7,8)9)15-16-25(30)31-17-13-11-12-14-20(2)3/h10,18-20H,1,11-17H2,2-9H3. The second-order valence-corrected chi connectivity index (χ2v) is 11.1. The lowest BCUT2D eigenvalue weighted by Crippen LogP contribution is -2.22. The molecule has 0 radical (unpaired) electrons. The Labute approximate surface area is 195 Å². The fraction of sp³-hybridized carbons (Fsp3) is 0.643. The van der Waals surface area contributed by atoms with Crippen molar-refractivity contribution in [3.05, 3.63) is 41.5 Å². The molecule has 0 saturated carbocycles. The van der Waals surface area contributed by atoms with Crippen LogP contribution in [0.4, 0.5) is 0 Å². The van der Waals surface area contributed by atoms with E-state index in [2.05, 4.69) is 74.1 Å². The molecule has 0 N–H and O–H groups in total. The molecule has 0 bridgehead atoms. The van der Waals surface area contributed by atoms with E-state index in [1.165, 1.54) is 18.9 Å². The summed E-state index contributed by atoms with van der Waals surface area (Å²) in [6.07, 6.45) is 6.54. The first kappa shape index (κ1) is 27.9. The Morgan fingerprint density at radius 1 is 0.969 bits per heavy atom. The van der Waals surface area contributed by atoms with Crippen LogP contribution in [-0.2, 0) is 31.6 Å². The predicted molar refractivity (Wildman–Crippen MR) is 132 cm³/mol. The summed E-state index contributed by atoms with van der Waals surface area (Å²) in [4.78, 5) is 24.3. The monoisotopic (exact) mass is 444 g/mol. The minimum Gasteiger partial charge on any atom is -0.466 e. The smallest absolute Gasteiger partial charge is 0.335 e. The van der Waals surface area contributed by atoms with Gasteiger partial charge in [-0.3, -0.25) is 4.79 Å². The molecule has 0 aliphatic carbocycles. The van der Waals surface area contributed by atoms with Crippen LogP contribution in [0, 0.1) is 5.92 Å². The average Bonchev–Trinajstić information content (AvgIpc) is 2.67. The van der Waals surface area contributed by atoms with Crippen molar-refractivity contribution in [2.75, 3.05) is 6.61 Å². The first-order valence-electron chi connectivity index (χ1n) is 11.9. The van der Waals surface area contributed by atoms with Gasteiger partial charge >= 0.3 is 11.9 Å². The molecule has 4 heteroatoms. The largest absolute Gasteiger partial charge is 0.466 e. The van der Waals surface area contributed by atoms with Crippen LogP contribution < -0.4 is 4.74 Å². The number of esters is 2. The Hall–Kier alpha value is -2.10. The number of hydrogen-bond donors (Lipinski definition) is 0. The van der Waals surface area contributed by atoms with E-state index in [1.54, 1.807) is 0 Å². The fourth-order valence-electron chi connectivity index (χ4n) is 3.54. The van der Waals surface area contributed by atoms with Crippen LogP contribution in [0.5, 0.6) is 5.75 Å². The SMILES string of the molecule is C=CC(=O)Oc1c(C(C)(C)C)cc(CCC(=O)OCCCCCC(C)C)cc1C(C)(C)C. The molecule has 4 nitrogen and oxygen atoms in total. The van der Waals surface area contributed by atoms with Gasteiger partial charge in [0.25, 0.3) is 0 Å². The van der Waals surface area contributed by atoms with E-state index < -0.39 is 5.97 Å². The molecule has 0 spiro atoms. The summed E-state index contributed by atoms with van der Waals surface area (Å²) >= 11 is 0. The molecular weight excluding hydrogens is 400 g/mol. The lowest BCUT2D eigenvalue weighted by Gasteiger charge is -2.30. The van der Waals surface area contributed by atoms with E-state index in [9.17, 15) is 9.59 Å². The number of hydrogen-bond acceptors (Lipinski definition) is 4. The van der Waals surface area contributed by atoms with E-state index in [1.807, 2.05) is 0 Å². The van der Waals surface area contributed by atoms with E-state index in [-0.39, 0.29) is 16.8 Å². The van der Waals surface area contributed by atoms with Crippen LogP contribution >= 0.6 is 0 Å². The van der Waals surface area contributed by atoms with Crippen molar-refractivity contribution in [2.45, 2.75) is 105 Å². The highest BCUT2D eigenvalue weighted by atomic mass is 16.5. The van der Waals surface area contributed by atoms with Crippen molar-refractivity contribution in [3.8, 4) is 5.75 Å². The Morgan fingerprint density at radius 3 is 2.00 bits per heavy atom. The van der Waals surface area contributed by atoms with Crippen LogP contribution in [0.3, 0.4) is 0 Å². The predicted octanol–water partition coefficient (Wildman–Crippen LogP) is 7.07. The summed E-state index contributed by atoms with van der Waals surface area (Å²) in [7, 11) is 0. The Morgan fingerprint density at radius 2 is 1.53 bits per heavy atom. The fourth-order valence-corrected chi connectivity index (χ4v) is 3.54. The van der Waals surface area contributed by atoms with Crippen LogP contribution in [0.1, 0.15) is 104 Å². The van der Waals surface area contributed by atoms with Crippen molar-refractivity contribution in [1.29, 1.82) is 0 Å². The number of aryl methyl sites for hydroxylation is 1. The summed E-state index contributed by atoms with van der Waals surface area (Å²) in [5.41, 5.74) is 2.49. The summed E-state index contributed by atoms with van der Waals surface area (Å²) in [6, 6.07) is 4.11. The molecular formula is C28H44O4. The van der Waals surface area contributed by atoms with Crippen molar-refractivity contribution >= 4 is 11.9 Å². The highest BCUT2D eigenvalue weighted by Gasteiger charge is 2.29. The van der Waals surface area contributed by atoms with Gasteiger partial charge in [0, 0.05) is 23.6 Å². The van der Waals surface area contributed by atoms with Crippen molar-refractivity contribution in [1.82, 2.24) is 0 Å². The quantitative estimate of drug-likeness (QED) is 0.159. The molecule has 32 heavy (non-hydrogen) atoms. The Bertz CT molecular complexity index is 741. The number of carbonyl (C=O) groups excluding carboxylic acids is 2. The topological polar surface area (TPSA) is 52.6 Å². The first-order valence-corrected chi connectivity index (χ1v) is 11.9. The number of benzene rings is 1. The van der Waals surface area contributed by atoms with Crippen LogP contribution in [0.2, 0.25) is 0 Å². The zero-order chi connectivity index (χ0) is 24.5. The molecule has 0 fully saturated rings. The van der Waals surface area contributed by atoms with Crippen molar-refractivity contribution < 1.29 is 19.1 Å². The van der Waals surface area contributed by atoms with Crippen molar-refractivity contribution in [2.24, 2.45) is 5.92 Å². The minimum atomic E-state index is -0.467. The molecule has 0 aliphatic rings. The van der Waals surface area contributed by atoms with E-state index in [4.69, 9.17) is 9.47 Å². The van der Waals surface area contributed by atoms with Crippen LogP contribution in [0.25, 0.3) is 0 Å². The molecule has 0 amide bonds. The Balaban J connectivity index is 2.94. The molecule has 1 aromatic rings. The molecule has 180 valence electrons.